The molecule has 0 aromatic heterocycles. The lowest BCUT2D eigenvalue weighted by molar-refractivity contribution is -0.145. The number of hydrogen-bond donors (Lipinski definition) is 1. The molecule has 0 radical (unpaired) electrons. The van der Waals surface area contributed by atoms with Crippen LogP contribution in [0.3, 0.4) is 0 Å². The summed E-state index contributed by atoms with van der Waals surface area (Å²) in [6, 6.07) is 7.17. The number of benzene rings is 1. The Kier molecular flexibility index (Phi) is 31.3. The van der Waals surface area contributed by atoms with Crippen molar-refractivity contribution >= 4 is 17.6 Å². The molecule has 1 aromatic rings. The van der Waals surface area contributed by atoms with Gasteiger partial charge in [0.15, 0.2) is 0 Å². The number of rotatable bonds is 36. The van der Waals surface area contributed by atoms with Crippen molar-refractivity contribution in [1.29, 1.82) is 0 Å². The minimum absolute atomic E-state index is 0.110. The number of anilines is 1. The Balaban J connectivity index is 1.67. The molecule has 278 valence electrons. The first-order valence-electron chi connectivity index (χ1n) is 17.0. The zero-order chi connectivity index (χ0) is 34.6. The molecule has 0 spiro atoms. The molecule has 1 N–H and O–H groups in total. The SMILES string of the molecule is CCCCCC(=O)OCCOCCOCCOCCOCCOCCOCCOCCOCCOCCOc1ccc(NC(C)=O)cc1. The number of hydrogen-bond acceptors (Lipinski definition) is 13. The van der Waals surface area contributed by atoms with Crippen molar-refractivity contribution in [2.75, 3.05) is 137 Å². The Labute approximate surface area is 286 Å². The smallest absolute Gasteiger partial charge is 0.305 e. The van der Waals surface area contributed by atoms with E-state index in [1.165, 1.54) is 6.92 Å². The molecule has 0 saturated carbocycles. The highest BCUT2D eigenvalue weighted by atomic mass is 16.6. The monoisotopic (exact) mass is 689 g/mol. The van der Waals surface area contributed by atoms with Crippen molar-refractivity contribution in [3.8, 4) is 5.75 Å². The molecular weight excluding hydrogens is 630 g/mol. The van der Waals surface area contributed by atoms with Gasteiger partial charge in [-0.2, -0.15) is 0 Å². The second kappa shape index (κ2) is 34.5. The van der Waals surface area contributed by atoms with Gasteiger partial charge in [-0.1, -0.05) is 19.8 Å². The average molecular weight is 690 g/mol. The fraction of sp³-hybridized carbons (Fsp3) is 0.765. The Morgan fingerprint density at radius 2 is 0.854 bits per heavy atom. The minimum Gasteiger partial charge on any atom is -0.491 e. The second-order valence-electron chi connectivity index (χ2n) is 10.2. The van der Waals surface area contributed by atoms with E-state index in [-0.39, 0.29) is 18.5 Å². The summed E-state index contributed by atoms with van der Waals surface area (Å²) >= 11 is 0. The van der Waals surface area contributed by atoms with Gasteiger partial charge in [0.05, 0.1) is 119 Å². The molecule has 1 rings (SSSR count). The summed E-state index contributed by atoms with van der Waals surface area (Å²) in [5.41, 5.74) is 0.729. The summed E-state index contributed by atoms with van der Waals surface area (Å²) in [5, 5.41) is 2.71. The van der Waals surface area contributed by atoms with Crippen LogP contribution in [0.1, 0.15) is 39.5 Å². The van der Waals surface area contributed by atoms with Gasteiger partial charge in [0.2, 0.25) is 5.91 Å². The number of carbonyl (C=O) groups is 2. The molecule has 0 aliphatic carbocycles. The molecule has 0 heterocycles. The highest BCUT2D eigenvalue weighted by Crippen LogP contribution is 2.15. The van der Waals surface area contributed by atoms with Gasteiger partial charge in [0.1, 0.15) is 19.0 Å². The van der Waals surface area contributed by atoms with E-state index in [4.69, 9.17) is 52.1 Å². The van der Waals surface area contributed by atoms with Crippen molar-refractivity contribution in [2.24, 2.45) is 0 Å². The fourth-order valence-corrected chi connectivity index (χ4v) is 3.72. The molecular formula is C34H59NO13. The molecule has 0 saturated heterocycles. The molecule has 0 aliphatic rings. The molecule has 1 amide bonds. The van der Waals surface area contributed by atoms with E-state index >= 15 is 0 Å². The first-order chi connectivity index (χ1) is 23.6. The topological polar surface area (TPSA) is 148 Å². The van der Waals surface area contributed by atoms with Crippen LogP contribution in [0, 0.1) is 0 Å². The number of amides is 1. The lowest BCUT2D eigenvalue weighted by Gasteiger charge is -2.09. The Morgan fingerprint density at radius 3 is 1.21 bits per heavy atom. The highest BCUT2D eigenvalue weighted by molar-refractivity contribution is 5.88. The maximum Gasteiger partial charge on any atom is 0.305 e. The van der Waals surface area contributed by atoms with Crippen LogP contribution < -0.4 is 10.1 Å². The first-order valence-corrected chi connectivity index (χ1v) is 17.0. The van der Waals surface area contributed by atoms with Crippen LogP contribution in [-0.2, 0) is 57.0 Å². The first kappa shape index (κ1) is 43.6. The zero-order valence-electron chi connectivity index (χ0n) is 29.1. The summed E-state index contributed by atoms with van der Waals surface area (Å²) in [4.78, 5) is 22.5. The molecule has 0 bridgehead atoms. The minimum atomic E-state index is -0.163. The molecule has 14 heteroatoms. The Morgan fingerprint density at radius 1 is 0.500 bits per heavy atom. The van der Waals surface area contributed by atoms with Crippen molar-refractivity contribution in [1.82, 2.24) is 0 Å². The van der Waals surface area contributed by atoms with Gasteiger partial charge in [-0.15, -0.1) is 0 Å². The normalized spacial score (nSPS) is 11.1. The van der Waals surface area contributed by atoms with E-state index in [0.717, 1.165) is 24.9 Å². The molecule has 0 unspecified atom stereocenters. The quantitative estimate of drug-likeness (QED) is 0.0813. The molecule has 14 nitrogen and oxygen atoms in total. The zero-order valence-corrected chi connectivity index (χ0v) is 29.1. The van der Waals surface area contributed by atoms with E-state index in [1.54, 1.807) is 24.3 Å². The third kappa shape index (κ3) is 30.9. The highest BCUT2D eigenvalue weighted by Gasteiger charge is 2.02. The summed E-state index contributed by atoms with van der Waals surface area (Å²) in [5.74, 6) is 0.441. The van der Waals surface area contributed by atoms with E-state index in [9.17, 15) is 9.59 Å². The molecule has 1 aromatic carbocycles. The summed E-state index contributed by atoms with van der Waals surface area (Å²) in [6.45, 7) is 12.8. The summed E-state index contributed by atoms with van der Waals surface area (Å²) in [7, 11) is 0. The lowest BCUT2D eigenvalue weighted by Crippen LogP contribution is -2.15. The number of ether oxygens (including phenoxy) is 11. The van der Waals surface area contributed by atoms with Crippen LogP contribution in [-0.4, -0.2) is 144 Å². The Hall–Kier alpha value is -2.40. The third-order valence-corrected chi connectivity index (χ3v) is 6.12. The molecule has 0 aliphatic heterocycles. The van der Waals surface area contributed by atoms with Crippen molar-refractivity contribution in [2.45, 2.75) is 39.5 Å². The third-order valence-electron chi connectivity index (χ3n) is 6.12. The largest absolute Gasteiger partial charge is 0.491 e. The van der Waals surface area contributed by atoms with Crippen LogP contribution in [0.5, 0.6) is 5.75 Å². The summed E-state index contributed by atoms with van der Waals surface area (Å²) in [6.07, 6.45) is 3.48. The van der Waals surface area contributed by atoms with Gasteiger partial charge in [-0.25, -0.2) is 0 Å². The lowest BCUT2D eigenvalue weighted by atomic mass is 10.2. The van der Waals surface area contributed by atoms with Crippen LogP contribution in [0.4, 0.5) is 5.69 Å². The van der Waals surface area contributed by atoms with Gasteiger partial charge in [-0.3, -0.25) is 9.59 Å². The predicted octanol–water partition coefficient (Wildman–Crippen LogP) is 3.30. The maximum atomic E-state index is 11.5. The maximum absolute atomic E-state index is 11.5. The van der Waals surface area contributed by atoms with Crippen molar-refractivity contribution in [3.63, 3.8) is 0 Å². The van der Waals surface area contributed by atoms with Gasteiger partial charge < -0.3 is 57.4 Å². The number of esters is 1. The van der Waals surface area contributed by atoms with Crippen LogP contribution >= 0.6 is 0 Å². The number of nitrogens with one attached hydrogen (secondary N) is 1. The number of unbranched alkanes of at least 4 members (excludes halogenated alkanes) is 2. The molecule has 0 atom stereocenters. The molecule has 48 heavy (non-hydrogen) atoms. The summed E-state index contributed by atoms with van der Waals surface area (Å²) < 4.78 is 59.8. The van der Waals surface area contributed by atoms with Gasteiger partial charge in [0.25, 0.3) is 0 Å². The fourth-order valence-electron chi connectivity index (χ4n) is 3.72. The van der Waals surface area contributed by atoms with Crippen molar-refractivity contribution in [3.05, 3.63) is 24.3 Å². The predicted molar refractivity (Wildman–Crippen MR) is 179 cm³/mol. The van der Waals surface area contributed by atoms with Crippen LogP contribution in [0.15, 0.2) is 24.3 Å². The Bertz CT molecular complexity index is 860. The number of carbonyl (C=O) groups excluding carboxylic acids is 2. The van der Waals surface area contributed by atoms with E-state index in [0.29, 0.717) is 138 Å². The van der Waals surface area contributed by atoms with E-state index < -0.39 is 0 Å². The van der Waals surface area contributed by atoms with Crippen LogP contribution in [0.25, 0.3) is 0 Å². The average Bonchev–Trinajstić information content (AvgIpc) is 3.08. The van der Waals surface area contributed by atoms with Gasteiger partial charge >= 0.3 is 5.97 Å². The van der Waals surface area contributed by atoms with Gasteiger partial charge in [-0.05, 0) is 30.7 Å². The second-order valence-corrected chi connectivity index (χ2v) is 10.2. The van der Waals surface area contributed by atoms with E-state index in [2.05, 4.69) is 12.2 Å². The standard InChI is InChI=1S/C34H59NO13/c1-3-4-5-6-34(37)48-30-28-46-26-24-44-22-20-42-18-16-40-14-12-38-11-13-39-15-17-41-19-21-43-23-25-45-27-29-47-33-9-7-32(8-10-33)35-31(2)36/h7-10H,3-6,11-30H2,1-2H3,(H,35,36). The van der Waals surface area contributed by atoms with Gasteiger partial charge in [0, 0.05) is 19.0 Å². The molecule has 0 fully saturated rings. The van der Waals surface area contributed by atoms with E-state index in [1.807, 2.05) is 0 Å². The van der Waals surface area contributed by atoms with Crippen molar-refractivity contribution < 1.29 is 61.7 Å². The van der Waals surface area contributed by atoms with Crippen LogP contribution in [0.2, 0.25) is 0 Å².